The van der Waals surface area contributed by atoms with Crippen molar-refractivity contribution in [1.82, 2.24) is 0 Å². The molecular weight excluding hydrogens is 836 g/mol. The van der Waals surface area contributed by atoms with E-state index < -0.39 is 147 Å². The molecule has 0 aromatic heterocycles. The number of aliphatic hydroxyl groups excluding tert-OH is 8. The highest BCUT2D eigenvalue weighted by atomic mass is 16.8. The van der Waals surface area contributed by atoms with Crippen molar-refractivity contribution in [3.63, 3.8) is 0 Å². The highest BCUT2D eigenvalue weighted by molar-refractivity contribution is 5.73. The molecule has 5 aliphatic rings. The van der Waals surface area contributed by atoms with Crippen molar-refractivity contribution in [3.05, 3.63) is 0 Å². The summed E-state index contributed by atoms with van der Waals surface area (Å²) in [6.45, 7) is 10.8. The number of rotatable bonds is 7. The summed E-state index contributed by atoms with van der Waals surface area (Å²) in [6, 6.07) is 0. The van der Waals surface area contributed by atoms with Gasteiger partial charge < -0.3 is 88.2 Å². The molecule has 366 valence electrons. The Bertz CT molecular complexity index is 1410. The lowest BCUT2D eigenvalue weighted by Gasteiger charge is -2.50. The summed E-state index contributed by atoms with van der Waals surface area (Å²) in [4.78, 5) is 26.9. The summed E-state index contributed by atoms with van der Waals surface area (Å²) in [5.74, 6) is -2.68. The van der Waals surface area contributed by atoms with Crippen molar-refractivity contribution in [2.45, 2.75) is 254 Å². The zero-order chi connectivity index (χ0) is 46.3. The van der Waals surface area contributed by atoms with E-state index >= 15 is 0 Å². The summed E-state index contributed by atoms with van der Waals surface area (Å²) in [6.07, 6.45) is -23.7. The Morgan fingerprint density at radius 1 is 0.603 bits per heavy atom. The maximum atomic E-state index is 13.6. The van der Waals surface area contributed by atoms with Gasteiger partial charge in [0.05, 0.1) is 42.5 Å². The summed E-state index contributed by atoms with van der Waals surface area (Å²) >= 11 is 0. The second-order valence-electron chi connectivity index (χ2n) is 18.0. The van der Waals surface area contributed by atoms with E-state index in [1.165, 1.54) is 34.6 Å². The van der Waals surface area contributed by atoms with Gasteiger partial charge in [-0.3, -0.25) is 9.59 Å². The lowest BCUT2D eigenvalue weighted by molar-refractivity contribution is -0.406. The Labute approximate surface area is 369 Å². The molecule has 5 heterocycles. The van der Waals surface area contributed by atoms with Crippen LogP contribution in [-0.4, -0.2) is 188 Å². The van der Waals surface area contributed by atoms with E-state index in [0.717, 1.165) is 44.9 Å². The molecule has 0 saturated carbocycles. The molecule has 20 nitrogen and oxygen atoms in total. The number of hydrogen-bond donors (Lipinski definition) is 8. The van der Waals surface area contributed by atoms with Crippen molar-refractivity contribution in [2.75, 3.05) is 0 Å². The lowest BCUT2D eigenvalue weighted by atomic mass is 9.95. The van der Waals surface area contributed by atoms with Crippen molar-refractivity contribution in [3.8, 4) is 0 Å². The number of carbonyl (C=O) groups is 2. The van der Waals surface area contributed by atoms with Crippen LogP contribution >= 0.6 is 0 Å². The number of hydrogen-bond acceptors (Lipinski definition) is 20. The molecular formula is C43H74O20. The van der Waals surface area contributed by atoms with Gasteiger partial charge in [0, 0.05) is 6.42 Å². The quantitative estimate of drug-likeness (QED) is 0.158. The summed E-state index contributed by atoms with van der Waals surface area (Å²) < 4.78 is 61.7. The molecule has 20 heteroatoms. The Morgan fingerprint density at radius 2 is 1.14 bits per heavy atom. The second-order valence-corrected chi connectivity index (χ2v) is 18.0. The summed E-state index contributed by atoms with van der Waals surface area (Å²) in [7, 11) is 0. The third-order valence-corrected chi connectivity index (χ3v) is 12.9. The number of carbonyl (C=O) groups excluding carboxylic acids is 2. The third-order valence-electron chi connectivity index (χ3n) is 12.9. The van der Waals surface area contributed by atoms with Gasteiger partial charge >= 0.3 is 11.9 Å². The topological polar surface area (TPSA) is 288 Å². The smallest absolute Gasteiger partial charge is 0.311 e. The van der Waals surface area contributed by atoms with Crippen LogP contribution in [0.4, 0.5) is 0 Å². The molecule has 0 aromatic carbocycles. The van der Waals surface area contributed by atoms with Gasteiger partial charge in [0.25, 0.3) is 0 Å². The summed E-state index contributed by atoms with van der Waals surface area (Å²) in [5, 5.41) is 88.5. The maximum Gasteiger partial charge on any atom is 0.311 e. The van der Waals surface area contributed by atoms with Gasteiger partial charge in [-0.15, -0.1) is 0 Å². The summed E-state index contributed by atoms with van der Waals surface area (Å²) in [5.41, 5.74) is 0. The Hall–Kier alpha value is -1.70. The number of ether oxygens (including phenoxy) is 10. The van der Waals surface area contributed by atoms with E-state index in [1.807, 2.05) is 6.92 Å². The molecule has 5 saturated heterocycles. The average molecular weight is 911 g/mol. The second kappa shape index (κ2) is 23.8. The van der Waals surface area contributed by atoms with Crippen LogP contribution in [0.3, 0.4) is 0 Å². The van der Waals surface area contributed by atoms with Gasteiger partial charge in [0.1, 0.15) is 61.0 Å². The number of esters is 2. The van der Waals surface area contributed by atoms with Crippen molar-refractivity contribution >= 4 is 11.9 Å². The van der Waals surface area contributed by atoms with Crippen LogP contribution in [0.25, 0.3) is 0 Å². The molecule has 0 amide bonds. The van der Waals surface area contributed by atoms with Gasteiger partial charge in [-0.1, -0.05) is 51.9 Å². The van der Waals surface area contributed by atoms with Gasteiger partial charge in [-0.25, -0.2) is 0 Å². The predicted octanol–water partition coefficient (Wildman–Crippen LogP) is 0.198. The van der Waals surface area contributed by atoms with Crippen LogP contribution in [0.1, 0.15) is 119 Å². The fraction of sp³-hybridized carbons (Fsp3) is 0.953. The van der Waals surface area contributed by atoms with E-state index in [4.69, 9.17) is 47.4 Å². The van der Waals surface area contributed by atoms with Crippen LogP contribution in [0.15, 0.2) is 0 Å². The molecule has 8 N–H and O–H groups in total. The molecule has 0 spiro atoms. The highest BCUT2D eigenvalue weighted by Crippen LogP contribution is 2.38. The van der Waals surface area contributed by atoms with E-state index in [1.54, 1.807) is 6.92 Å². The van der Waals surface area contributed by atoms with Crippen molar-refractivity contribution in [2.24, 2.45) is 5.92 Å². The molecule has 0 radical (unpaired) electrons. The molecule has 0 aromatic rings. The fourth-order valence-corrected chi connectivity index (χ4v) is 8.56. The minimum Gasteiger partial charge on any atom is -0.455 e. The molecule has 23 atom stereocenters. The molecule has 5 fully saturated rings. The van der Waals surface area contributed by atoms with Crippen LogP contribution in [0, 0.1) is 5.92 Å². The minimum atomic E-state index is -1.87. The van der Waals surface area contributed by atoms with Crippen LogP contribution in [0.5, 0.6) is 0 Å². The van der Waals surface area contributed by atoms with Gasteiger partial charge in [0.15, 0.2) is 37.4 Å². The van der Waals surface area contributed by atoms with Gasteiger partial charge in [-0.2, -0.15) is 0 Å². The van der Waals surface area contributed by atoms with E-state index in [-0.39, 0.29) is 12.5 Å². The molecule has 63 heavy (non-hydrogen) atoms. The molecule has 0 aliphatic carbocycles. The van der Waals surface area contributed by atoms with E-state index in [0.29, 0.717) is 19.3 Å². The van der Waals surface area contributed by atoms with Crippen molar-refractivity contribution < 1.29 is 97.8 Å². The first-order chi connectivity index (χ1) is 29.8. The van der Waals surface area contributed by atoms with Crippen molar-refractivity contribution in [1.29, 1.82) is 0 Å². The van der Waals surface area contributed by atoms with E-state index in [2.05, 4.69) is 0 Å². The first kappa shape index (κ1) is 52.3. The maximum absolute atomic E-state index is 13.6. The molecule has 2 bridgehead atoms. The van der Waals surface area contributed by atoms with Gasteiger partial charge in [0.2, 0.25) is 0 Å². The fourth-order valence-electron chi connectivity index (χ4n) is 8.56. The zero-order valence-corrected chi connectivity index (χ0v) is 37.5. The zero-order valence-electron chi connectivity index (χ0n) is 37.5. The lowest BCUT2D eigenvalue weighted by Crippen LogP contribution is -2.68. The van der Waals surface area contributed by atoms with Gasteiger partial charge in [-0.05, 0) is 60.8 Å². The first-order valence-electron chi connectivity index (χ1n) is 22.9. The predicted molar refractivity (Wildman–Crippen MR) is 216 cm³/mol. The van der Waals surface area contributed by atoms with Crippen LogP contribution in [-0.2, 0) is 57.0 Å². The number of fused-ring (bicyclic) bond motifs is 4. The Balaban J connectivity index is 1.58. The van der Waals surface area contributed by atoms with Crippen LogP contribution in [0.2, 0.25) is 0 Å². The minimum absolute atomic E-state index is 0.0328. The largest absolute Gasteiger partial charge is 0.455 e. The van der Waals surface area contributed by atoms with E-state index in [9.17, 15) is 50.4 Å². The molecule has 5 aliphatic heterocycles. The molecule has 5 rings (SSSR count). The Morgan fingerprint density at radius 3 is 1.79 bits per heavy atom. The monoisotopic (exact) mass is 910 g/mol. The van der Waals surface area contributed by atoms with Crippen LogP contribution < -0.4 is 0 Å². The first-order valence-corrected chi connectivity index (χ1v) is 22.9. The molecule has 3 unspecified atom stereocenters. The highest BCUT2D eigenvalue weighted by Gasteiger charge is 2.57. The third kappa shape index (κ3) is 13.1. The standard InChI is InChI=1S/C43H74O20/c1-8-16-25-17-14-12-10-9-11-13-15-18-26(45)59-37-34(60-39(53)19(2)20(3)44)29(48)23(6)56-42(37)61-35-30(49)24(7)57-43(62-36-32(51)28(47)22(5)55-41(36)58-25)38(35)63-40-33(52)31(50)27(46)21(4)54-40/h19-25,27-38,40-44,46-52H,8-18H2,1-7H3/t19?,20?,21-,22-,23-,24-,25?,27+,28-,29-,30-,31-,32+,33-,34+,35+,36-,37-,38-,40+,41+,42+,43+/m1/s1. The number of aliphatic hydroxyl groups is 8. The average Bonchev–Trinajstić information content (AvgIpc) is 3.23. The Kier molecular flexibility index (Phi) is 19.8. The normalized spacial score (nSPS) is 46.4. The SMILES string of the molecule is CCCC1CCCCCCCCCC(=O)O[C@H]2[C@H](O[C@H]3[C@H](O)[C@@H](C)O[C@@H](O[C@H]4[C@H](O1)O[C@H](C)[C@@H](O)[C@@H]4O)[C@@H]3O[C@@H]1O[C@H](C)[C@H](O)[C@@H](O)[C@H]1O)O[C@H](C)[C@@H](O)[C@@H]2OC(=O)C(C)C(C)O.